The van der Waals surface area contributed by atoms with Gasteiger partial charge >= 0.3 is 11.0 Å². The van der Waals surface area contributed by atoms with E-state index in [0.29, 0.717) is 21.4 Å². The molecule has 13 heteroatoms. The summed E-state index contributed by atoms with van der Waals surface area (Å²) < 4.78 is 46.2. The number of carbonyl (C=O) groups is 3. The third-order valence-corrected chi connectivity index (χ3v) is 9.57. The van der Waals surface area contributed by atoms with E-state index >= 15 is 0 Å². The van der Waals surface area contributed by atoms with E-state index in [1.165, 1.54) is 23.0 Å². The molecule has 3 atom stereocenters. The fraction of sp³-hybridized carbons (Fsp3) is 0.214. The topological polar surface area (TPSA) is 102 Å². The molecule has 3 amide bonds. The van der Waals surface area contributed by atoms with Crippen LogP contribution in [0, 0.1) is 12.8 Å². The summed E-state index contributed by atoms with van der Waals surface area (Å²) in [5.74, 6) is -2.79. The number of imide groups is 1. The number of hydrogen-bond acceptors (Lipinski definition) is 7. The minimum Gasteiger partial charge on any atom is -0.469 e. The Morgan fingerprint density at radius 3 is 2.46 bits per heavy atom. The van der Waals surface area contributed by atoms with Crippen molar-refractivity contribution in [3.05, 3.63) is 98.4 Å². The van der Waals surface area contributed by atoms with Crippen molar-refractivity contribution in [2.24, 2.45) is 5.92 Å². The second kappa shape index (κ2) is 10.1. The lowest BCUT2D eigenvalue weighted by atomic mass is 9.87. The third-order valence-electron chi connectivity index (χ3n) is 6.97. The lowest BCUT2D eigenvalue weighted by Gasteiger charge is -2.29. The molecule has 0 spiro atoms. The Morgan fingerprint density at radius 2 is 1.78 bits per heavy atom. The highest BCUT2D eigenvalue weighted by atomic mass is 32.2. The van der Waals surface area contributed by atoms with Crippen molar-refractivity contribution >= 4 is 52.2 Å². The number of benzene rings is 2. The molecule has 2 aliphatic rings. The Kier molecular flexibility index (Phi) is 6.65. The number of aryl methyl sites for hydroxylation is 1. The third kappa shape index (κ3) is 4.78. The Hall–Kier alpha value is -4.10. The number of carbonyl (C=O) groups excluding carboxylic acids is 3. The van der Waals surface area contributed by atoms with Crippen molar-refractivity contribution in [3.8, 4) is 0 Å². The molecule has 8 nitrogen and oxygen atoms in total. The maximum atomic E-state index is 13.7. The number of nitrogens with one attached hydrogen (secondary N) is 1. The molecule has 2 aliphatic heterocycles. The summed E-state index contributed by atoms with van der Waals surface area (Å²) in [4.78, 5) is 54.5. The van der Waals surface area contributed by atoms with Gasteiger partial charge < -0.3 is 9.73 Å². The molecule has 0 aliphatic carbocycles. The number of nitrogens with zero attached hydrogens (tertiary/aromatic N) is 2. The van der Waals surface area contributed by atoms with E-state index in [1.807, 2.05) is 6.92 Å². The first-order valence-corrected chi connectivity index (χ1v) is 14.1. The van der Waals surface area contributed by atoms with Crippen LogP contribution in [-0.2, 0) is 27.1 Å². The summed E-state index contributed by atoms with van der Waals surface area (Å²) in [6, 6.07) is 14.5. The second-order valence-corrected chi connectivity index (χ2v) is 11.8. The van der Waals surface area contributed by atoms with Crippen molar-refractivity contribution in [1.29, 1.82) is 0 Å². The minimum absolute atomic E-state index is 0.0755. The zero-order valence-electron chi connectivity index (χ0n) is 21.2. The Morgan fingerprint density at radius 1 is 1.02 bits per heavy atom. The molecular weight excluding hydrogens is 579 g/mol. The zero-order chi connectivity index (χ0) is 29.1. The first-order chi connectivity index (χ1) is 19.5. The molecule has 4 heterocycles. The van der Waals surface area contributed by atoms with Gasteiger partial charge in [0, 0.05) is 5.69 Å². The van der Waals surface area contributed by atoms with Gasteiger partial charge in [-0.3, -0.25) is 23.7 Å². The number of anilines is 2. The largest absolute Gasteiger partial charge is 0.469 e. The van der Waals surface area contributed by atoms with Crippen LogP contribution in [-0.4, -0.2) is 27.5 Å². The highest BCUT2D eigenvalue weighted by Gasteiger charge is 2.57. The highest BCUT2D eigenvalue weighted by Crippen LogP contribution is 2.54. The Bertz CT molecular complexity index is 1730. The number of furan rings is 1. The molecule has 1 N–H and O–H groups in total. The van der Waals surface area contributed by atoms with E-state index in [2.05, 4.69) is 5.32 Å². The predicted molar refractivity (Wildman–Crippen MR) is 146 cm³/mol. The SMILES string of the molecule is Cc1ccc(N2C(=O)C3Sc4c(sc(=O)n4CC(=O)Nc4cccc(C(F)(F)F)c4)[C@H](c4ccco4)C3C2=O)cc1. The van der Waals surface area contributed by atoms with Crippen molar-refractivity contribution in [3.63, 3.8) is 0 Å². The first kappa shape index (κ1) is 27.1. The monoisotopic (exact) mass is 599 g/mol. The van der Waals surface area contributed by atoms with Gasteiger partial charge in [-0.25, -0.2) is 4.90 Å². The molecular formula is C28H20F3N3O5S2. The van der Waals surface area contributed by atoms with E-state index in [1.54, 1.807) is 36.4 Å². The summed E-state index contributed by atoms with van der Waals surface area (Å²) in [6.45, 7) is 1.39. The number of alkyl halides is 3. The van der Waals surface area contributed by atoms with Gasteiger partial charge in [-0.05, 0) is 49.4 Å². The number of aromatic nitrogens is 1. The van der Waals surface area contributed by atoms with E-state index in [-0.39, 0.29) is 5.69 Å². The van der Waals surface area contributed by atoms with Crippen molar-refractivity contribution in [1.82, 2.24) is 4.57 Å². The van der Waals surface area contributed by atoms with Crippen molar-refractivity contribution < 1.29 is 32.0 Å². The molecule has 2 unspecified atom stereocenters. The van der Waals surface area contributed by atoms with Crippen LogP contribution >= 0.6 is 23.1 Å². The van der Waals surface area contributed by atoms with E-state index < -0.39 is 58.0 Å². The van der Waals surface area contributed by atoms with Gasteiger partial charge in [-0.1, -0.05) is 46.9 Å². The molecule has 6 rings (SSSR count). The summed E-state index contributed by atoms with van der Waals surface area (Å²) in [7, 11) is 0. The quantitative estimate of drug-likeness (QED) is 0.314. The lowest BCUT2D eigenvalue weighted by Crippen LogP contribution is -2.32. The van der Waals surface area contributed by atoms with Gasteiger partial charge in [0.15, 0.2) is 0 Å². The lowest BCUT2D eigenvalue weighted by molar-refractivity contribution is -0.137. The smallest absolute Gasteiger partial charge is 0.416 e. The molecule has 0 saturated carbocycles. The zero-order valence-corrected chi connectivity index (χ0v) is 22.8. The maximum Gasteiger partial charge on any atom is 0.416 e. The molecule has 41 heavy (non-hydrogen) atoms. The number of fused-ring (bicyclic) bond motifs is 2. The van der Waals surface area contributed by atoms with Gasteiger partial charge in [0.05, 0.1) is 39.3 Å². The number of hydrogen-bond donors (Lipinski definition) is 1. The van der Waals surface area contributed by atoms with Gasteiger partial charge in [0.25, 0.3) is 0 Å². The van der Waals surface area contributed by atoms with Crippen LogP contribution in [0.15, 0.2) is 81.2 Å². The number of rotatable bonds is 5. The van der Waals surface area contributed by atoms with Crippen molar-refractivity contribution in [2.45, 2.75) is 35.8 Å². The summed E-state index contributed by atoms with van der Waals surface area (Å²) >= 11 is 1.88. The van der Waals surface area contributed by atoms with E-state index in [9.17, 15) is 32.3 Å². The normalized spacial score (nSPS) is 20.2. The van der Waals surface area contributed by atoms with Crippen LogP contribution in [0.3, 0.4) is 0 Å². The van der Waals surface area contributed by atoms with Gasteiger partial charge in [-0.2, -0.15) is 13.2 Å². The van der Waals surface area contributed by atoms with Gasteiger partial charge in [0.2, 0.25) is 17.7 Å². The average molecular weight is 600 g/mol. The standard InChI is InChI=1S/C28H20F3N3O5S2/c1-14-7-9-17(10-8-14)34-24(36)21-20(18-6-3-11-39-18)23-26(40-22(21)25(34)37)33(27(38)41-23)13-19(35)32-16-5-2-4-15(12-16)28(29,30)31/h2-12,20-22H,13H2,1H3,(H,32,35)/t20-,21?,22?/m1/s1. The number of thioether (sulfide) groups is 1. The van der Waals surface area contributed by atoms with Crippen LogP contribution in [0.25, 0.3) is 0 Å². The van der Waals surface area contributed by atoms with E-state index in [0.717, 1.165) is 45.7 Å². The van der Waals surface area contributed by atoms with Crippen LogP contribution in [0.4, 0.5) is 24.5 Å². The summed E-state index contributed by atoms with van der Waals surface area (Å²) in [5.41, 5.74) is 0.391. The molecule has 1 saturated heterocycles. The highest BCUT2D eigenvalue weighted by molar-refractivity contribution is 8.00. The molecule has 210 valence electrons. The van der Waals surface area contributed by atoms with Crippen LogP contribution < -0.4 is 15.1 Å². The molecule has 0 radical (unpaired) electrons. The minimum atomic E-state index is -4.59. The van der Waals surface area contributed by atoms with E-state index in [4.69, 9.17) is 4.42 Å². The number of halogens is 3. The van der Waals surface area contributed by atoms with Crippen molar-refractivity contribution in [2.75, 3.05) is 10.2 Å². The fourth-order valence-electron chi connectivity index (χ4n) is 5.10. The molecule has 0 bridgehead atoms. The Labute approximate surface area is 238 Å². The van der Waals surface area contributed by atoms with Crippen LogP contribution in [0.2, 0.25) is 0 Å². The second-order valence-electron chi connectivity index (χ2n) is 9.66. The molecule has 1 fully saturated rings. The molecule has 2 aromatic carbocycles. The average Bonchev–Trinajstić information content (AvgIpc) is 3.62. The number of amides is 3. The maximum absolute atomic E-state index is 13.7. The summed E-state index contributed by atoms with van der Waals surface area (Å²) in [5, 5.41) is 1.86. The van der Waals surface area contributed by atoms with Crippen LogP contribution in [0.1, 0.15) is 27.7 Å². The first-order valence-electron chi connectivity index (χ1n) is 12.4. The van der Waals surface area contributed by atoms with Gasteiger partial charge in [-0.15, -0.1) is 0 Å². The molecule has 4 aromatic rings. The van der Waals surface area contributed by atoms with Gasteiger partial charge in [0.1, 0.15) is 17.6 Å². The summed E-state index contributed by atoms with van der Waals surface area (Å²) in [6.07, 6.45) is -3.15. The number of thiazole rings is 1. The van der Waals surface area contributed by atoms with Crippen LogP contribution in [0.5, 0.6) is 0 Å². The predicted octanol–water partition coefficient (Wildman–Crippen LogP) is 5.26. The Balaban J connectivity index is 1.35. The fourth-order valence-corrected chi connectivity index (χ4v) is 7.85. The molecule has 2 aromatic heterocycles.